The average Bonchev–Trinajstić information content (AvgIpc) is 2.18. The van der Waals surface area contributed by atoms with Crippen molar-refractivity contribution < 1.29 is 4.79 Å². The predicted molar refractivity (Wildman–Crippen MR) is 68.6 cm³/mol. The fourth-order valence-corrected chi connectivity index (χ4v) is 2.65. The maximum atomic E-state index is 11.4. The summed E-state index contributed by atoms with van der Waals surface area (Å²) in [5, 5.41) is 3.72. The van der Waals surface area contributed by atoms with Crippen molar-refractivity contribution in [1.82, 2.24) is 5.32 Å². The zero-order chi connectivity index (χ0) is 10.6. The Hall–Kier alpha value is 0.0700. The Morgan fingerprint density at radius 3 is 2.73 bits per heavy atom. The second-order valence-corrected chi connectivity index (χ2v) is 5.16. The molecule has 3 N–H and O–H groups in total. The number of amides is 1. The number of carbonyl (C=O) groups excluding carboxylic acids is 1. The number of hydrogen-bond donors (Lipinski definition) is 2. The Bertz CT molecular complexity index is 202. The molecule has 90 valence electrons. The van der Waals surface area contributed by atoms with Crippen LogP contribution in [0.5, 0.6) is 0 Å². The fourth-order valence-electron chi connectivity index (χ4n) is 1.82. The van der Waals surface area contributed by atoms with E-state index in [1.807, 2.05) is 11.8 Å². The lowest BCUT2D eigenvalue weighted by molar-refractivity contribution is -0.122. The van der Waals surface area contributed by atoms with E-state index in [1.54, 1.807) is 6.92 Å². The van der Waals surface area contributed by atoms with Gasteiger partial charge >= 0.3 is 0 Å². The van der Waals surface area contributed by atoms with Crippen LogP contribution in [0.1, 0.15) is 32.6 Å². The molecule has 3 unspecified atom stereocenters. The standard InChI is InChI=1S/C10H20N2OS.ClH/c1-7(11)10(13)12-8-4-3-5-9(6-8)14-2;/h7-9H,3-6,11H2,1-2H3,(H,12,13);1H. The van der Waals surface area contributed by atoms with Crippen LogP contribution in [0.15, 0.2) is 0 Å². The molecular formula is C10H21ClN2OS. The van der Waals surface area contributed by atoms with E-state index in [0.717, 1.165) is 12.8 Å². The lowest BCUT2D eigenvalue weighted by Gasteiger charge is -2.29. The minimum Gasteiger partial charge on any atom is -0.352 e. The van der Waals surface area contributed by atoms with Crippen LogP contribution in [0.3, 0.4) is 0 Å². The first-order valence-electron chi connectivity index (χ1n) is 5.22. The van der Waals surface area contributed by atoms with E-state index in [1.165, 1.54) is 12.8 Å². The summed E-state index contributed by atoms with van der Waals surface area (Å²) in [6, 6.07) is -0.0376. The minimum atomic E-state index is -0.385. The maximum Gasteiger partial charge on any atom is 0.236 e. The van der Waals surface area contributed by atoms with E-state index in [2.05, 4.69) is 11.6 Å². The van der Waals surface area contributed by atoms with Crippen molar-refractivity contribution in [3.8, 4) is 0 Å². The smallest absolute Gasteiger partial charge is 0.236 e. The van der Waals surface area contributed by atoms with E-state index < -0.39 is 0 Å². The molecule has 0 aromatic carbocycles. The lowest BCUT2D eigenvalue weighted by atomic mass is 9.95. The zero-order valence-electron chi connectivity index (χ0n) is 9.36. The normalized spacial score (nSPS) is 27.7. The summed E-state index contributed by atoms with van der Waals surface area (Å²) in [5.41, 5.74) is 5.50. The van der Waals surface area contributed by atoms with Crippen molar-refractivity contribution in [2.75, 3.05) is 6.26 Å². The molecule has 1 rings (SSSR count). The molecule has 15 heavy (non-hydrogen) atoms. The van der Waals surface area contributed by atoms with Crippen LogP contribution >= 0.6 is 24.2 Å². The lowest BCUT2D eigenvalue weighted by Crippen LogP contribution is -2.45. The first-order valence-corrected chi connectivity index (χ1v) is 6.51. The Labute approximate surface area is 102 Å². The van der Waals surface area contributed by atoms with Gasteiger partial charge in [0.05, 0.1) is 6.04 Å². The Morgan fingerprint density at radius 1 is 1.53 bits per heavy atom. The maximum absolute atomic E-state index is 11.4. The summed E-state index contributed by atoms with van der Waals surface area (Å²) >= 11 is 1.90. The molecule has 1 aliphatic rings. The number of hydrogen-bond acceptors (Lipinski definition) is 3. The van der Waals surface area contributed by atoms with Gasteiger partial charge in [0.1, 0.15) is 0 Å². The molecule has 3 atom stereocenters. The van der Waals surface area contributed by atoms with Crippen LogP contribution in [0.25, 0.3) is 0 Å². The van der Waals surface area contributed by atoms with Crippen LogP contribution < -0.4 is 11.1 Å². The van der Waals surface area contributed by atoms with Crippen molar-refractivity contribution >= 4 is 30.1 Å². The molecule has 1 saturated carbocycles. The van der Waals surface area contributed by atoms with Gasteiger partial charge in [0, 0.05) is 11.3 Å². The molecule has 3 nitrogen and oxygen atoms in total. The molecule has 1 amide bonds. The molecule has 1 fully saturated rings. The molecule has 0 radical (unpaired) electrons. The highest BCUT2D eigenvalue weighted by Gasteiger charge is 2.23. The third-order valence-corrected chi connectivity index (χ3v) is 3.81. The fraction of sp³-hybridized carbons (Fsp3) is 0.900. The van der Waals surface area contributed by atoms with E-state index in [0.29, 0.717) is 11.3 Å². The van der Waals surface area contributed by atoms with E-state index in [9.17, 15) is 4.79 Å². The predicted octanol–water partition coefficient (Wildman–Crippen LogP) is 1.55. The van der Waals surface area contributed by atoms with Crippen molar-refractivity contribution in [2.24, 2.45) is 5.73 Å². The van der Waals surface area contributed by atoms with Gasteiger partial charge in [-0.25, -0.2) is 0 Å². The van der Waals surface area contributed by atoms with Crippen LogP contribution in [0.4, 0.5) is 0 Å². The van der Waals surface area contributed by atoms with Crippen molar-refractivity contribution in [1.29, 1.82) is 0 Å². The number of nitrogens with one attached hydrogen (secondary N) is 1. The third-order valence-electron chi connectivity index (χ3n) is 2.72. The van der Waals surface area contributed by atoms with Gasteiger partial charge in [-0.3, -0.25) is 4.79 Å². The van der Waals surface area contributed by atoms with E-state index in [-0.39, 0.29) is 24.4 Å². The van der Waals surface area contributed by atoms with Gasteiger partial charge in [0.2, 0.25) is 5.91 Å². The van der Waals surface area contributed by atoms with Crippen LogP contribution in [0.2, 0.25) is 0 Å². The quantitative estimate of drug-likeness (QED) is 0.801. The summed E-state index contributed by atoms with van der Waals surface area (Å²) in [4.78, 5) is 11.4. The van der Waals surface area contributed by atoms with Crippen LogP contribution in [0, 0.1) is 0 Å². The van der Waals surface area contributed by atoms with Crippen molar-refractivity contribution in [2.45, 2.75) is 49.9 Å². The summed E-state index contributed by atoms with van der Waals surface area (Å²) in [6.07, 6.45) is 6.84. The monoisotopic (exact) mass is 252 g/mol. The highest BCUT2D eigenvalue weighted by atomic mass is 35.5. The Kier molecular flexibility index (Phi) is 7.40. The molecule has 0 saturated heterocycles. The van der Waals surface area contributed by atoms with E-state index in [4.69, 9.17) is 5.73 Å². The van der Waals surface area contributed by atoms with Gasteiger partial charge < -0.3 is 11.1 Å². The molecule has 0 aromatic heterocycles. The minimum absolute atomic E-state index is 0. The molecule has 0 spiro atoms. The van der Waals surface area contributed by atoms with Gasteiger partial charge in [0.15, 0.2) is 0 Å². The first-order chi connectivity index (χ1) is 6.63. The Morgan fingerprint density at radius 2 is 2.20 bits per heavy atom. The van der Waals surface area contributed by atoms with Crippen LogP contribution in [-0.4, -0.2) is 29.5 Å². The third kappa shape index (κ3) is 5.09. The second kappa shape index (κ2) is 7.36. The summed E-state index contributed by atoms with van der Waals surface area (Å²) in [7, 11) is 0. The zero-order valence-corrected chi connectivity index (χ0v) is 11.0. The van der Waals surface area contributed by atoms with Crippen molar-refractivity contribution in [3.63, 3.8) is 0 Å². The van der Waals surface area contributed by atoms with Crippen LogP contribution in [-0.2, 0) is 4.79 Å². The van der Waals surface area contributed by atoms with Gasteiger partial charge in [-0.1, -0.05) is 6.42 Å². The van der Waals surface area contributed by atoms with E-state index >= 15 is 0 Å². The number of thioether (sulfide) groups is 1. The SMILES string of the molecule is CSC1CCCC(NC(=O)C(C)N)C1.Cl. The molecule has 5 heteroatoms. The molecule has 1 aliphatic carbocycles. The van der Waals surface area contributed by atoms with Gasteiger partial charge in [-0.05, 0) is 32.4 Å². The number of nitrogens with two attached hydrogens (primary N) is 1. The molecular weight excluding hydrogens is 232 g/mol. The van der Waals surface area contributed by atoms with Gasteiger partial charge in [0.25, 0.3) is 0 Å². The molecule has 0 heterocycles. The summed E-state index contributed by atoms with van der Waals surface area (Å²) < 4.78 is 0. The largest absolute Gasteiger partial charge is 0.352 e. The Balaban J connectivity index is 0.00000196. The molecule has 0 aromatic rings. The number of halogens is 1. The topological polar surface area (TPSA) is 55.1 Å². The summed E-state index contributed by atoms with van der Waals surface area (Å²) in [6.45, 7) is 1.73. The second-order valence-electron chi connectivity index (χ2n) is 4.02. The van der Waals surface area contributed by atoms with Gasteiger partial charge in [-0.15, -0.1) is 12.4 Å². The van der Waals surface area contributed by atoms with Crippen molar-refractivity contribution in [3.05, 3.63) is 0 Å². The summed E-state index contributed by atoms with van der Waals surface area (Å²) in [5.74, 6) is -0.0169. The average molecular weight is 253 g/mol. The first kappa shape index (κ1) is 15.1. The molecule has 0 bridgehead atoms. The number of carbonyl (C=O) groups is 1. The highest BCUT2D eigenvalue weighted by molar-refractivity contribution is 7.99. The van der Waals surface area contributed by atoms with Gasteiger partial charge in [-0.2, -0.15) is 11.8 Å². The molecule has 0 aliphatic heterocycles. The number of rotatable bonds is 3. The highest BCUT2D eigenvalue weighted by Crippen LogP contribution is 2.26.